The molecule has 1 aromatic rings. The molecular formula is C12H15N3O4. The van der Waals surface area contributed by atoms with Crippen molar-refractivity contribution in [1.29, 1.82) is 0 Å². The Morgan fingerprint density at radius 1 is 1.58 bits per heavy atom. The van der Waals surface area contributed by atoms with E-state index in [4.69, 9.17) is 15.6 Å². The van der Waals surface area contributed by atoms with Crippen LogP contribution in [-0.2, 0) is 16.1 Å². The lowest BCUT2D eigenvalue weighted by Gasteiger charge is -2.18. The van der Waals surface area contributed by atoms with E-state index in [1.54, 1.807) is 18.2 Å². The Hall–Kier alpha value is -2.12. The average molecular weight is 265 g/mol. The van der Waals surface area contributed by atoms with Gasteiger partial charge in [0.05, 0.1) is 12.3 Å². The molecule has 19 heavy (non-hydrogen) atoms. The van der Waals surface area contributed by atoms with Gasteiger partial charge < -0.3 is 26.2 Å². The number of aliphatic hydroxyl groups is 1. The van der Waals surface area contributed by atoms with Crippen LogP contribution in [0, 0.1) is 0 Å². The molecule has 2 amide bonds. The van der Waals surface area contributed by atoms with Crippen molar-refractivity contribution in [1.82, 2.24) is 5.32 Å². The number of carbonyl (C=O) groups excluding carboxylic acids is 2. The van der Waals surface area contributed by atoms with E-state index in [1.165, 1.54) is 0 Å². The first-order valence-corrected chi connectivity index (χ1v) is 5.80. The molecule has 1 heterocycles. The molecule has 1 aliphatic heterocycles. The number of ether oxygens (including phenoxy) is 1. The van der Waals surface area contributed by atoms with Gasteiger partial charge in [-0.05, 0) is 17.7 Å². The van der Waals surface area contributed by atoms with E-state index in [9.17, 15) is 9.59 Å². The van der Waals surface area contributed by atoms with E-state index < -0.39 is 18.6 Å². The zero-order chi connectivity index (χ0) is 13.8. The maximum atomic E-state index is 11.4. The second-order valence-electron chi connectivity index (χ2n) is 4.17. The highest BCUT2D eigenvalue weighted by molar-refractivity contribution is 5.95. The fraction of sp³-hybridized carbons (Fsp3) is 0.333. The Morgan fingerprint density at radius 3 is 3.11 bits per heavy atom. The van der Waals surface area contributed by atoms with E-state index >= 15 is 0 Å². The minimum absolute atomic E-state index is 0.00837. The van der Waals surface area contributed by atoms with Gasteiger partial charge in [0.15, 0.2) is 6.61 Å². The monoisotopic (exact) mass is 265 g/mol. The number of carbonyl (C=O) groups is 2. The molecular weight excluding hydrogens is 250 g/mol. The summed E-state index contributed by atoms with van der Waals surface area (Å²) in [4.78, 5) is 22.6. The van der Waals surface area contributed by atoms with Crippen LogP contribution in [0.5, 0.6) is 5.75 Å². The first kappa shape index (κ1) is 13.3. The van der Waals surface area contributed by atoms with Gasteiger partial charge in [-0.3, -0.25) is 9.59 Å². The van der Waals surface area contributed by atoms with Crippen LogP contribution >= 0.6 is 0 Å². The summed E-state index contributed by atoms with van der Waals surface area (Å²) in [7, 11) is 0. The van der Waals surface area contributed by atoms with Gasteiger partial charge in [0, 0.05) is 6.54 Å². The Balaban J connectivity index is 2.00. The molecule has 2 rings (SSSR count). The van der Waals surface area contributed by atoms with Crippen molar-refractivity contribution in [2.24, 2.45) is 5.73 Å². The molecule has 1 aromatic carbocycles. The summed E-state index contributed by atoms with van der Waals surface area (Å²) in [5, 5.41) is 14.0. The average Bonchev–Trinajstić information content (AvgIpc) is 2.43. The molecule has 1 unspecified atom stereocenters. The maximum Gasteiger partial charge on any atom is 0.262 e. The van der Waals surface area contributed by atoms with Crippen molar-refractivity contribution < 1.29 is 19.4 Å². The standard InChI is InChI=1S/C12H15N3O4/c13-8(5-16)12(18)14-4-7-1-2-10-9(3-7)15-11(17)6-19-10/h1-3,8,16H,4-6,13H2,(H,14,18)(H,15,17). The van der Waals surface area contributed by atoms with Gasteiger partial charge >= 0.3 is 0 Å². The van der Waals surface area contributed by atoms with Crippen molar-refractivity contribution in [3.05, 3.63) is 23.8 Å². The number of hydrogen-bond acceptors (Lipinski definition) is 5. The van der Waals surface area contributed by atoms with Crippen LogP contribution in [-0.4, -0.2) is 36.2 Å². The van der Waals surface area contributed by atoms with E-state index in [2.05, 4.69) is 10.6 Å². The van der Waals surface area contributed by atoms with E-state index in [-0.39, 0.29) is 19.1 Å². The number of nitrogens with one attached hydrogen (secondary N) is 2. The number of anilines is 1. The minimum Gasteiger partial charge on any atom is -0.482 e. The van der Waals surface area contributed by atoms with Crippen LogP contribution in [0.2, 0.25) is 0 Å². The van der Waals surface area contributed by atoms with Crippen molar-refractivity contribution in [3.8, 4) is 5.75 Å². The normalized spacial score (nSPS) is 14.9. The quantitative estimate of drug-likeness (QED) is 0.555. The fourth-order valence-electron chi connectivity index (χ4n) is 1.64. The molecule has 7 nitrogen and oxygen atoms in total. The molecule has 7 heteroatoms. The van der Waals surface area contributed by atoms with Crippen LogP contribution in [0.3, 0.4) is 0 Å². The number of fused-ring (bicyclic) bond motifs is 1. The second-order valence-corrected chi connectivity index (χ2v) is 4.17. The molecule has 5 N–H and O–H groups in total. The van der Waals surface area contributed by atoms with Gasteiger partial charge in [-0.2, -0.15) is 0 Å². The summed E-state index contributed by atoms with van der Waals surface area (Å²) < 4.78 is 5.22. The van der Waals surface area contributed by atoms with Crippen molar-refractivity contribution in [2.45, 2.75) is 12.6 Å². The first-order chi connectivity index (χ1) is 9.10. The van der Waals surface area contributed by atoms with Crippen molar-refractivity contribution >= 4 is 17.5 Å². The van der Waals surface area contributed by atoms with Gasteiger partial charge in [0.2, 0.25) is 5.91 Å². The molecule has 1 aliphatic rings. The number of nitrogens with two attached hydrogens (primary N) is 1. The highest BCUT2D eigenvalue weighted by Gasteiger charge is 2.16. The van der Waals surface area contributed by atoms with Crippen LogP contribution < -0.4 is 21.1 Å². The molecule has 0 spiro atoms. The lowest BCUT2D eigenvalue weighted by atomic mass is 10.1. The highest BCUT2D eigenvalue weighted by atomic mass is 16.5. The van der Waals surface area contributed by atoms with E-state index in [1.807, 2.05) is 0 Å². The van der Waals surface area contributed by atoms with Crippen LogP contribution in [0.15, 0.2) is 18.2 Å². The predicted molar refractivity (Wildman–Crippen MR) is 67.5 cm³/mol. The third-order valence-electron chi connectivity index (χ3n) is 2.68. The van der Waals surface area contributed by atoms with Gasteiger partial charge in [-0.15, -0.1) is 0 Å². The molecule has 102 valence electrons. The smallest absolute Gasteiger partial charge is 0.262 e. The number of hydrogen-bond donors (Lipinski definition) is 4. The molecule has 0 saturated carbocycles. The first-order valence-electron chi connectivity index (χ1n) is 5.80. The van der Waals surface area contributed by atoms with E-state index in [0.29, 0.717) is 11.4 Å². The van der Waals surface area contributed by atoms with Crippen molar-refractivity contribution in [2.75, 3.05) is 18.5 Å². The van der Waals surface area contributed by atoms with Crippen LogP contribution in [0.1, 0.15) is 5.56 Å². The van der Waals surface area contributed by atoms with Gasteiger partial charge in [-0.25, -0.2) is 0 Å². The topological polar surface area (TPSA) is 114 Å². The van der Waals surface area contributed by atoms with Gasteiger partial charge in [0.1, 0.15) is 11.8 Å². The number of rotatable bonds is 4. The molecule has 1 atom stereocenters. The number of aliphatic hydroxyl groups excluding tert-OH is 1. The van der Waals surface area contributed by atoms with Gasteiger partial charge in [-0.1, -0.05) is 6.07 Å². The SMILES string of the molecule is NC(CO)C(=O)NCc1ccc2c(c1)NC(=O)CO2. The second kappa shape index (κ2) is 5.68. The fourth-order valence-corrected chi connectivity index (χ4v) is 1.64. The Morgan fingerprint density at radius 2 is 2.37 bits per heavy atom. The lowest BCUT2D eigenvalue weighted by Crippen LogP contribution is -2.42. The summed E-state index contributed by atoms with van der Waals surface area (Å²) in [5.41, 5.74) is 6.74. The molecule has 0 bridgehead atoms. The highest BCUT2D eigenvalue weighted by Crippen LogP contribution is 2.28. The molecule has 0 aromatic heterocycles. The zero-order valence-corrected chi connectivity index (χ0v) is 10.2. The third-order valence-corrected chi connectivity index (χ3v) is 2.68. The van der Waals surface area contributed by atoms with Crippen molar-refractivity contribution in [3.63, 3.8) is 0 Å². The lowest BCUT2D eigenvalue weighted by molar-refractivity contribution is -0.123. The molecule has 0 saturated heterocycles. The van der Waals surface area contributed by atoms with Crippen LogP contribution in [0.4, 0.5) is 5.69 Å². The third kappa shape index (κ3) is 3.21. The Bertz CT molecular complexity index is 504. The summed E-state index contributed by atoms with van der Waals surface area (Å²) in [6.07, 6.45) is 0. The summed E-state index contributed by atoms with van der Waals surface area (Å²) in [6, 6.07) is 4.29. The molecule has 0 radical (unpaired) electrons. The summed E-state index contributed by atoms with van der Waals surface area (Å²) in [5.74, 6) is -0.0433. The largest absolute Gasteiger partial charge is 0.482 e. The Kier molecular flexibility index (Phi) is 3.98. The van der Waals surface area contributed by atoms with E-state index in [0.717, 1.165) is 5.56 Å². The number of amides is 2. The molecule has 0 fully saturated rings. The summed E-state index contributed by atoms with van der Waals surface area (Å²) in [6.45, 7) is -0.135. The van der Waals surface area contributed by atoms with Gasteiger partial charge in [0.25, 0.3) is 5.91 Å². The minimum atomic E-state index is -0.930. The van der Waals surface area contributed by atoms with Crippen LogP contribution in [0.25, 0.3) is 0 Å². The molecule has 0 aliphatic carbocycles. The Labute approximate surface area is 109 Å². The number of benzene rings is 1. The predicted octanol–water partition coefficient (Wildman–Crippen LogP) is -1.05. The summed E-state index contributed by atoms with van der Waals surface area (Å²) >= 11 is 0. The maximum absolute atomic E-state index is 11.4. The zero-order valence-electron chi connectivity index (χ0n) is 10.2.